The van der Waals surface area contributed by atoms with Gasteiger partial charge in [0.2, 0.25) is 0 Å². The van der Waals surface area contributed by atoms with Crippen LogP contribution in [0.2, 0.25) is 0 Å². The number of aromatic nitrogens is 1. The van der Waals surface area contributed by atoms with Gasteiger partial charge in [-0.15, -0.1) is 0 Å². The molecule has 0 radical (unpaired) electrons. The minimum atomic E-state index is -0.494. The molecular formula is C23H27N3O5. The van der Waals surface area contributed by atoms with Crippen LogP contribution >= 0.6 is 0 Å². The monoisotopic (exact) mass is 425 g/mol. The molecule has 1 heterocycles. The van der Waals surface area contributed by atoms with E-state index in [0.717, 1.165) is 53.2 Å². The summed E-state index contributed by atoms with van der Waals surface area (Å²) in [5, 5.41) is 16.8. The van der Waals surface area contributed by atoms with E-state index in [1.807, 2.05) is 18.2 Å². The van der Waals surface area contributed by atoms with E-state index in [1.54, 1.807) is 19.1 Å². The van der Waals surface area contributed by atoms with Gasteiger partial charge in [-0.25, -0.2) is 4.79 Å². The maximum Gasteiger partial charge on any atom is 0.331 e. The molecule has 8 nitrogen and oxygen atoms in total. The van der Waals surface area contributed by atoms with Crippen molar-refractivity contribution < 1.29 is 19.3 Å². The molecule has 0 N–H and O–H groups in total. The first-order valence-corrected chi connectivity index (χ1v) is 10.4. The largest absolute Gasteiger partial charge is 0.380 e. The molecule has 0 amide bonds. The van der Waals surface area contributed by atoms with Crippen molar-refractivity contribution in [2.45, 2.75) is 46.6 Å². The van der Waals surface area contributed by atoms with E-state index in [0.29, 0.717) is 18.9 Å². The second-order valence-electron chi connectivity index (χ2n) is 7.42. The first-order valence-electron chi connectivity index (χ1n) is 10.4. The van der Waals surface area contributed by atoms with Gasteiger partial charge < -0.3 is 14.1 Å². The van der Waals surface area contributed by atoms with Crippen molar-refractivity contribution >= 4 is 39.2 Å². The number of non-ortho nitro benzene ring substituents is 1. The van der Waals surface area contributed by atoms with Gasteiger partial charge in [-0.2, -0.15) is 0 Å². The average molecular weight is 425 g/mol. The number of hydrogen-bond acceptors (Lipinski definition) is 6. The minimum absolute atomic E-state index is 0.0399. The normalized spacial score (nSPS) is 11.9. The topological polar surface area (TPSA) is 96.0 Å². The van der Waals surface area contributed by atoms with Gasteiger partial charge >= 0.3 is 5.97 Å². The van der Waals surface area contributed by atoms with E-state index in [4.69, 9.17) is 9.57 Å². The van der Waals surface area contributed by atoms with Crippen LogP contribution in [-0.4, -0.2) is 34.4 Å². The SMILES string of the molecule is CCCCCOCCn1c2ccc(C(C)=NOC(C)=O)cc2c2cc([N+](=O)[O-])ccc21. The van der Waals surface area contributed by atoms with Crippen molar-refractivity contribution in [1.82, 2.24) is 4.57 Å². The Labute approximate surface area is 180 Å². The number of oxime groups is 1. The molecule has 0 saturated carbocycles. The standard InChI is InChI=1S/C23H27N3O5/c1-4-5-6-12-30-13-11-25-22-9-7-18(16(2)24-31-17(3)27)14-20(22)21-15-19(26(28)29)8-10-23(21)25/h7-10,14-15H,4-6,11-13H2,1-3H3. The number of unbranched alkanes of at least 4 members (excludes halogenated alkanes) is 2. The van der Waals surface area contributed by atoms with Crippen LogP contribution in [0.25, 0.3) is 21.8 Å². The zero-order chi connectivity index (χ0) is 22.4. The third-order valence-corrected chi connectivity index (χ3v) is 5.14. The van der Waals surface area contributed by atoms with Gasteiger partial charge in [0.1, 0.15) is 0 Å². The number of nitro groups is 1. The summed E-state index contributed by atoms with van der Waals surface area (Å²) in [7, 11) is 0. The number of benzene rings is 2. The number of nitrogens with zero attached hydrogens (tertiary/aromatic N) is 3. The maximum absolute atomic E-state index is 11.3. The van der Waals surface area contributed by atoms with Crippen LogP contribution in [-0.2, 0) is 20.9 Å². The Bertz CT molecular complexity index is 1130. The fraction of sp³-hybridized carbons (Fsp3) is 0.391. The summed E-state index contributed by atoms with van der Waals surface area (Å²) in [5.74, 6) is -0.494. The first kappa shape index (κ1) is 22.4. The number of ether oxygens (including phenoxy) is 1. The molecule has 164 valence electrons. The number of fused-ring (bicyclic) bond motifs is 3. The Morgan fingerprint density at radius 1 is 1.06 bits per heavy atom. The quantitative estimate of drug-likeness (QED) is 0.146. The van der Waals surface area contributed by atoms with Crippen LogP contribution in [0.3, 0.4) is 0 Å². The Morgan fingerprint density at radius 3 is 2.45 bits per heavy atom. The molecule has 0 saturated heterocycles. The summed E-state index contributed by atoms with van der Waals surface area (Å²) in [5.41, 5.74) is 3.22. The van der Waals surface area contributed by atoms with Crippen molar-refractivity contribution in [1.29, 1.82) is 0 Å². The van der Waals surface area contributed by atoms with Gasteiger partial charge in [-0.05, 0) is 37.1 Å². The Hall–Kier alpha value is -3.26. The second-order valence-corrected chi connectivity index (χ2v) is 7.42. The summed E-state index contributed by atoms with van der Waals surface area (Å²) >= 11 is 0. The maximum atomic E-state index is 11.3. The molecule has 31 heavy (non-hydrogen) atoms. The molecule has 0 spiro atoms. The molecule has 0 bridgehead atoms. The van der Waals surface area contributed by atoms with Crippen molar-refractivity contribution in [3.8, 4) is 0 Å². The lowest BCUT2D eigenvalue weighted by molar-refractivity contribution is -0.384. The molecular weight excluding hydrogens is 398 g/mol. The summed E-state index contributed by atoms with van der Waals surface area (Å²) in [6, 6.07) is 10.7. The molecule has 3 rings (SSSR count). The van der Waals surface area contributed by atoms with Gasteiger partial charge in [-0.1, -0.05) is 31.0 Å². The summed E-state index contributed by atoms with van der Waals surface area (Å²) in [6.45, 7) is 7.13. The summed E-state index contributed by atoms with van der Waals surface area (Å²) in [4.78, 5) is 26.7. The smallest absolute Gasteiger partial charge is 0.331 e. The highest BCUT2D eigenvalue weighted by Crippen LogP contribution is 2.32. The van der Waals surface area contributed by atoms with Crippen molar-refractivity contribution in [2.24, 2.45) is 5.16 Å². The van der Waals surface area contributed by atoms with Crippen molar-refractivity contribution in [3.05, 3.63) is 52.1 Å². The Morgan fingerprint density at radius 2 is 1.77 bits per heavy atom. The highest BCUT2D eigenvalue weighted by Gasteiger charge is 2.16. The van der Waals surface area contributed by atoms with E-state index < -0.39 is 10.9 Å². The highest BCUT2D eigenvalue weighted by molar-refractivity contribution is 6.12. The lowest BCUT2D eigenvalue weighted by atomic mass is 10.1. The number of carbonyl (C=O) groups is 1. The first-order chi connectivity index (χ1) is 14.9. The van der Waals surface area contributed by atoms with Crippen LogP contribution < -0.4 is 0 Å². The van der Waals surface area contributed by atoms with Gasteiger partial charge in [0.05, 0.1) is 17.2 Å². The van der Waals surface area contributed by atoms with Crippen molar-refractivity contribution in [3.63, 3.8) is 0 Å². The second kappa shape index (κ2) is 10.2. The van der Waals surface area contributed by atoms with Crippen LogP contribution in [0.4, 0.5) is 5.69 Å². The number of nitro benzene ring substituents is 1. The summed E-state index contributed by atoms with van der Waals surface area (Å²) in [6.07, 6.45) is 3.34. The van der Waals surface area contributed by atoms with Gasteiger partial charge in [0.15, 0.2) is 0 Å². The lowest BCUT2D eigenvalue weighted by Crippen LogP contribution is -2.07. The van der Waals surface area contributed by atoms with Gasteiger partial charge in [0, 0.05) is 54.0 Å². The molecule has 8 heteroatoms. The number of carbonyl (C=O) groups excluding carboxylic acids is 1. The van der Waals surface area contributed by atoms with E-state index >= 15 is 0 Å². The molecule has 0 atom stereocenters. The van der Waals surface area contributed by atoms with E-state index in [9.17, 15) is 14.9 Å². The van der Waals surface area contributed by atoms with Gasteiger partial charge in [0.25, 0.3) is 5.69 Å². The minimum Gasteiger partial charge on any atom is -0.380 e. The molecule has 0 fully saturated rings. The average Bonchev–Trinajstić information content (AvgIpc) is 3.06. The highest BCUT2D eigenvalue weighted by atomic mass is 16.7. The van der Waals surface area contributed by atoms with Crippen LogP contribution in [0.15, 0.2) is 41.6 Å². The number of hydrogen-bond donors (Lipinski definition) is 0. The molecule has 3 aromatic rings. The molecule has 0 aliphatic rings. The van der Waals surface area contributed by atoms with E-state index in [2.05, 4.69) is 16.6 Å². The van der Waals surface area contributed by atoms with Crippen molar-refractivity contribution in [2.75, 3.05) is 13.2 Å². The number of rotatable bonds is 10. The van der Waals surface area contributed by atoms with Gasteiger partial charge in [-0.3, -0.25) is 10.1 Å². The van der Waals surface area contributed by atoms with E-state index in [-0.39, 0.29) is 5.69 Å². The van der Waals surface area contributed by atoms with Crippen LogP contribution in [0.1, 0.15) is 45.6 Å². The Kier molecular flexibility index (Phi) is 7.36. The summed E-state index contributed by atoms with van der Waals surface area (Å²) < 4.78 is 7.91. The third kappa shape index (κ3) is 5.27. The predicted molar refractivity (Wildman–Crippen MR) is 120 cm³/mol. The zero-order valence-electron chi connectivity index (χ0n) is 18.1. The fourth-order valence-corrected chi connectivity index (χ4v) is 3.57. The Balaban J connectivity index is 2.00. The van der Waals surface area contributed by atoms with Crippen LogP contribution in [0, 0.1) is 10.1 Å². The molecule has 1 aromatic heterocycles. The molecule has 0 aliphatic heterocycles. The van der Waals surface area contributed by atoms with Crippen LogP contribution in [0.5, 0.6) is 0 Å². The fourth-order valence-electron chi connectivity index (χ4n) is 3.57. The third-order valence-electron chi connectivity index (χ3n) is 5.14. The molecule has 0 aliphatic carbocycles. The molecule has 2 aromatic carbocycles. The predicted octanol–water partition coefficient (Wildman–Crippen LogP) is 5.20. The van der Waals surface area contributed by atoms with E-state index in [1.165, 1.54) is 13.0 Å². The lowest BCUT2D eigenvalue weighted by Gasteiger charge is -2.09. The molecule has 0 unspecified atom stereocenters. The zero-order valence-corrected chi connectivity index (χ0v) is 18.1.